The van der Waals surface area contributed by atoms with E-state index in [0.717, 1.165) is 25.2 Å². The molecule has 1 saturated heterocycles. The van der Waals surface area contributed by atoms with Crippen molar-refractivity contribution < 1.29 is 4.92 Å². The number of nitrogens with zero attached hydrogens (tertiary/aromatic N) is 4. The Labute approximate surface area is 162 Å². The number of nitrogens with two attached hydrogens (primary N) is 1. The monoisotopic (exact) mass is 378 g/mol. The molecule has 3 heterocycles. The minimum absolute atomic E-state index is 0.0755. The van der Waals surface area contributed by atoms with Crippen LogP contribution in [0.4, 0.5) is 17.2 Å². The van der Waals surface area contributed by atoms with Gasteiger partial charge < -0.3 is 11.1 Å². The van der Waals surface area contributed by atoms with Crippen molar-refractivity contribution in [1.82, 2.24) is 14.9 Å². The summed E-state index contributed by atoms with van der Waals surface area (Å²) in [5.74, 6) is 0.134. The van der Waals surface area contributed by atoms with Gasteiger partial charge in [0.1, 0.15) is 5.69 Å². The van der Waals surface area contributed by atoms with E-state index >= 15 is 0 Å². The second-order valence-electron chi connectivity index (χ2n) is 7.01. The zero-order valence-corrected chi connectivity index (χ0v) is 15.5. The van der Waals surface area contributed by atoms with Crippen molar-refractivity contribution in [2.45, 2.75) is 25.9 Å². The molecule has 3 aromatic rings. The van der Waals surface area contributed by atoms with E-state index in [1.807, 2.05) is 12.1 Å². The molecule has 0 unspecified atom stereocenters. The van der Waals surface area contributed by atoms with Gasteiger partial charge in [0.25, 0.3) is 0 Å². The largest absolute Gasteiger partial charge is 0.392 e. The smallest absolute Gasteiger partial charge is 0.334 e. The number of likely N-dealkylation sites (tertiary alicyclic amines) is 1. The van der Waals surface area contributed by atoms with Crippen molar-refractivity contribution in [3.05, 3.63) is 63.8 Å². The lowest BCUT2D eigenvalue weighted by molar-refractivity contribution is -0.383. The minimum atomic E-state index is -0.504. The maximum atomic E-state index is 11.5. The molecule has 0 amide bonds. The van der Waals surface area contributed by atoms with Crippen LogP contribution in [0.3, 0.4) is 0 Å². The zero-order valence-electron chi connectivity index (χ0n) is 15.5. The number of nitro groups is 1. The van der Waals surface area contributed by atoms with Crippen LogP contribution in [-0.4, -0.2) is 32.9 Å². The van der Waals surface area contributed by atoms with Crippen molar-refractivity contribution >= 4 is 28.2 Å². The van der Waals surface area contributed by atoms with Gasteiger partial charge in [0, 0.05) is 24.7 Å². The van der Waals surface area contributed by atoms with Crippen LogP contribution in [-0.2, 0) is 13.1 Å². The van der Waals surface area contributed by atoms with Crippen molar-refractivity contribution in [2.24, 2.45) is 0 Å². The first-order valence-corrected chi connectivity index (χ1v) is 9.34. The number of anilines is 2. The third kappa shape index (κ3) is 3.72. The standard InChI is InChI=1S/C20H22N6O2/c21-17-16-4-3-9-22-19(16)24-20(18(17)26(27)28)23-12-14-5-7-15(8-6-14)13-25-10-1-2-11-25/h3-9H,1-2,10-13H2,(H3,21,22,23,24). The van der Waals surface area contributed by atoms with E-state index in [1.54, 1.807) is 18.3 Å². The van der Waals surface area contributed by atoms with Gasteiger partial charge in [0.05, 0.1) is 4.92 Å². The van der Waals surface area contributed by atoms with Crippen LogP contribution in [0.5, 0.6) is 0 Å². The molecule has 0 bridgehead atoms. The van der Waals surface area contributed by atoms with Crippen molar-refractivity contribution in [3.8, 4) is 0 Å². The van der Waals surface area contributed by atoms with E-state index in [-0.39, 0.29) is 17.2 Å². The maximum Gasteiger partial charge on any atom is 0.334 e. The Balaban J connectivity index is 1.52. The van der Waals surface area contributed by atoms with Gasteiger partial charge in [-0.25, -0.2) is 9.97 Å². The van der Waals surface area contributed by atoms with E-state index in [1.165, 1.54) is 18.4 Å². The first-order chi connectivity index (χ1) is 13.6. The summed E-state index contributed by atoms with van der Waals surface area (Å²) in [6, 6.07) is 11.6. The average molecular weight is 378 g/mol. The van der Waals surface area contributed by atoms with Crippen LogP contribution in [0.15, 0.2) is 42.6 Å². The molecule has 0 radical (unpaired) electrons. The minimum Gasteiger partial charge on any atom is -0.392 e. The SMILES string of the molecule is Nc1c([N+](=O)[O-])c(NCc2ccc(CN3CCCC3)cc2)nc2ncccc12. The van der Waals surface area contributed by atoms with Gasteiger partial charge in [0.15, 0.2) is 5.65 Å². The molecule has 0 aliphatic carbocycles. The number of hydrogen-bond acceptors (Lipinski definition) is 7. The third-order valence-electron chi connectivity index (χ3n) is 5.04. The zero-order chi connectivity index (χ0) is 19.5. The van der Waals surface area contributed by atoms with Gasteiger partial charge in [0.2, 0.25) is 5.82 Å². The second kappa shape index (κ2) is 7.77. The summed E-state index contributed by atoms with van der Waals surface area (Å²) in [6.07, 6.45) is 4.14. The van der Waals surface area contributed by atoms with Crippen LogP contribution < -0.4 is 11.1 Å². The van der Waals surface area contributed by atoms with Crippen molar-refractivity contribution in [2.75, 3.05) is 24.1 Å². The number of nitrogens with one attached hydrogen (secondary N) is 1. The highest BCUT2D eigenvalue weighted by atomic mass is 16.6. The molecule has 1 aliphatic heterocycles. The molecule has 1 aliphatic rings. The van der Waals surface area contributed by atoms with Crippen LogP contribution in [0, 0.1) is 10.1 Å². The second-order valence-corrected chi connectivity index (χ2v) is 7.01. The molecule has 3 N–H and O–H groups in total. The molecule has 0 atom stereocenters. The fourth-order valence-electron chi connectivity index (χ4n) is 3.57. The van der Waals surface area contributed by atoms with Gasteiger partial charge in [-0.05, 0) is 49.2 Å². The van der Waals surface area contributed by atoms with Crippen LogP contribution >= 0.6 is 0 Å². The maximum absolute atomic E-state index is 11.5. The van der Waals surface area contributed by atoms with E-state index in [9.17, 15) is 10.1 Å². The molecular weight excluding hydrogens is 356 g/mol. The summed E-state index contributed by atoms with van der Waals surface area (Å²) in [4.78, 5) is 21.9. The third-order valence-corrected chi connectivity index (χ3v) is 5.04. The van der Waals surface area contributed by atoms with Gasteiger partial charge in [-0.2, -0.15) is 0 Å². The fraction of sp³-hybridized carbons (Fsp3) is 0.300. The highest BCUT2D eigenvalue weighted by molar-refractivity contribution is 5.96. The van der Waals surface area contributed by atoms with E-state index in [2.05, 4.69) is 32.3 Å². The van der Waals surface area contributed by atoms with E-state index < -0.39 is 4.92 Å². The Morgan fingerprint density at radius 1 is 1.14 bits per heavy atom. The lowest BCUT2D eigenvalue weighted by Crippen LogP contribution is -2.18. The summed E-state index contributed by atoms with van der Waals surface area (Å²) in [5, 5.41) is 15.1. The molecule has 8 heteroatoms. The molecule has 2 aromatic heterocycles. The molecule has 144 valence electrons. The number of benzene rings is 1. The van der Waals surface area contributed by atoms with Crippen LogP contribution in [0.2, 0.25) is 0 Å². The number of aromatic nitrogens is 2. The highest BCUT2D eigenvalue weighted by Crippen LogP contribution is 2.34. The molecule has 0 saturated carbocycles. The number of nitrogen functional groups attached to an aromatic ring is 1. The quantitative estimate of drug-likeness (QED) is 0.500. The molecule has 0 spiro atoms. The predicted octanol–water partition coefficient (Wildman–Crippen LogP) is 3.33. The Morgan fingerprint density at radius 2 is 1.86 bits per heavy atom. The van der Waals surface area contributed by atoms with Gasteiger partial charge in [-0.15, -0.1) is 0 Å². The van der Waals surface area contributed by atoms with Crippen LogP contribution in [0.25, 0.3) is 11.0 Å². The summed E-state index contributed by atoms with van der Waals surface area (Å²) in [7, 11) is 0. The average Bonchev–Trinajstić information content (AvgIpc) is 3.20. The van der Waals surface area contributed by atoms with Crippen molar-refractivity contribution in [1.29, 1.82) is 0 Å². The predicted molar refractivity (Wildman–Crippen MR) is 109 cm³/mol. The molecule has 8 nitrogen and oxygen atoms in total. The number of hydrogen-bond donors (Lipinski definition) is 2. The molecular formula is C20H22N6O2. The first-order valence-electron chi connectivity index (χ1n) is 9.34. The number of rotatable bonds is 6. The van der Waals surface area contributed by atoms with Gasteiger partial charge in [-0.1, -0.05) is 24.3 Å². The highest BCUT2D eigenvalue weighted by Gasteiger charge is 2.23. The Bertz CT molecular complexity index is 999. The van der Waals surface area contributed by atoms with Crippen molar-refractivity contribution in [3.63, 3.8) is 0 Å². The lowest BCUT2D eigenvalue weighted by atomic mass is 10.1. The molecule has 1 aromatic carbocycles. The summed E-state index contributed by atoms with van der Waals surface area (Å²) >= 11 is 0. The summed E-state index contributed by atoms with van der Waals surface area (Å²) in [6.45, 7) is 3.70. The van der Waals surface area contributed by atoms with E-state index in [0.29, 0.717) is 17.6 Å². The Morgan fingerprint density at radius 3 is 2.57 bits per heavy atom. The molecule has 4 rings (SSSR count). The first kappa shape index (κ1) is 18.1. The lowest BCUT2D eigenvalue weighted by Gasteiger charge is -2.15. The summed E-state index contributed by atoms with van der Waals surface area (Å²) < 4.78 is 0. The Kier molecular flexibility index (Phi) is 5.03. The van der Waals surface area contributed by atoms with Gasteiger partial charge in [-0.3, -0.25) is 15.0 Å². The Hall–Kier alpha value is -3.26. The fourth-order valence-corrected chi connectivity index (χ4v) is 3.57. The normalized spacial score (nSPS) is 14.4. The summed E-state index contributed by atoms with van der Waals surface area (Å²) in [5.41, 5.74) is 8.55. The van der Waals surface area contributed by atoms with Gasteiger partial charge >= 0.3 is 5.69 Å². The number of pyridine rings is 2. The number of fused-ring (bicyclic) bond motifs is 1. The van der Waals surface area contributed by atoms with E-state index in [4.69, 9.17) is 5.73 Å². The molecule has 28 heavy (non-hydrogen) atoms. The van der Waals surface area contributed by atoms with Crippen LogP contribution in [0.1, 0.15) is 24.0 Å². The molecule has 1 fully saturated rings. The topological polar surface area (TPSA) is 110 Å².